The second-order valence-electron chi connectivity index (χ2n) is 4.56. The van der Waals surface area contributed by atoms with Gasteiger partial charge in [-0.1, -0.05) is 6.07 Å². The fraction of sp³-hybridized carbons (Fsp3) is 0.214. The Kier molecular flexibility index (Phi) is 3.23. The Hall–Kier alpha value is -2.21. The molecule has 1 aliphatic rings. The van der Waals surface area contributed by atoms with Crippen molar-refractivity contribution in [1.29, 1.82) is 0 Å². The molecule has 0 fully saturated rings. The van der Waals surface area contributed by atoms with E-state index in [1.54, 1.807) is 28.4 Å². The van der Waals surface area contributed by atoms with Gasteiger partial charge in [0.1, 0.15) is 11.4 Å². The van der Waals surface area contributed by atoms with Gasteiger partial charge in [-0.2, -0.15) is 0 Å². The smallest absolute Gasteiger partial charge is 0.354 e. The van der Waals surface area contributed by atoms with Gasteiger partial charge in [0.15, 0.2) is 0 Å². The number of aromatic nitrogens is 1. The normalized spacial score (nSPS) is 13.9. The molecule has 1 aliphatic heterocycles. The third-order valence-electron chi connectivity index (χ3n) is 3.28. The number of fused-ring (bicyclic) bond motifs is 1. The van der Waals surface area contributed by atoms with Gasteiger partial charge in [0, 0.05) is 18.0 Å². The molecule has 2 aromatic rings. The van der Waals surface area contributed by atoms with Crippen LogP contribution in [0.2, 0.25) is 0 Å². The minimum absolute atomic E-state index is 0.107. The molecule has 1 N–H and O–H groups in total. The molecular formula is C14H12N2O3S. The molecule has 0 aromatic carbocycles. The van der Waals surface area contributed by atoms with Crippen molar-refractivity contribution in [3.8, 4) is 0 Å². The summed E-state index contributed by atoms with van der Waals surface area (Å²) in [7, 11) is 0. The zero-order valence-electron chi connectivity index (χ0n) is 10.6. The molecule has 2 aromatic heterocycles. The van der Waals surface area contributed by atoms with Crippen molar-refractivity contribution < 1.29 is 14.7 Å². The number of amides is 1. The summed E-state index contributed by atoms with van der Waals surface area (Å²) in [5.74, 6) is -1.34. The molecule has 0 atom stereocenters. The highest BCUT2D eigenvalue weighted by molar-refractivity contribution is 7.10. The number of rotatable bonds is 2. The molecule has 102 valence electrons. The summed E-state index contributed by atoms with van der Waals surface area (Å²) in [4.78, 5) is 30.2. The molecule has 6 heteroatoms. The Morgan fingerprint density at radius 2 is 2.05 bits per heavy atom. The Morgan fingerprint density at radius 3 is 2.85 bits per heavy atom. The molecule has 0 spiro atoms. The number of nitrogens with zero attached hydrogens (tertiary/aromatic N) is 2. The van der Waals surface area contributed by atoms with Gasteiger partial charge in [0.2, 0.25) is 0 Å². The van der Waals surface area contributed by atoms with E-state index in [4.69, 9.17) is 5.11 Å². The van der Waals surface area contributed by atoms with Crippen molar-refractivity contribution in [2.75, 3.05) is 6.54 Å². The molecule has 20 heavy (non-hydrogen) atoms. The predicted molar refractivity (Wildman–Crippen MR) is 74.0 cm³/mol. The first-order valence-electron chi connectivity index (χ1n) is 6.20. The molecular weight excluding hydrogens is 276 g/mol. The van der Waals surface area contributed by atoms with Gasteiger partial charge in [-0.3, -0.25) is 4.79 Å². The monoisotopic (exact) mass is 288 g/mol. The maximum Gasteiger partial charge on any atom is 0.354 e. The number of carbonyl (C=O) groups is 2. The van der Waals surface area contributed by atoms with Crippen LogP contribution in [0.1, 0.15) is 31.4 Å². The van der Waals surface area contributed by atoms with Crippen molar-refractivity contribution in [3.63, 3.8) is 0 Å². The first-order valence-corrected chi connectivity index (χ1v) is 7.08. The van der Waals surface area contributed by atoms with E-state index in [-0.39, 0.29) is 17.3 Å². The van der Waals surface area contributed by atoms with Gasteiger partial charge >= 0.3 is 5.97 Å². The van der Waals surface area contributed by atoms with E-state index in [9.17, 15) is 9.59 Å². The summed E-state index contributed by atoms with van der Waals surface area (Å²) >= 11 is 1.71. The van der Waals surface area contributed by atoms with Crippen LogP contribution in [0, 0.1) is 0 Å². The maximum atomic E-state index is 12.4. The fourth-order valence-electron chi connectivity index (χ4n) is 2.26. The van der Waals surface area contributed by atoms with E-state index in [2.05, 4.69) is 4.98 Å². The average Bonchev–Trinajstić information content (AvgIpc) is 2.94. The SMILES string of the molecule is O=C(O)c1cccc(C(=O)N2CCc3sccc3C2)n1. The summed E-state index contributed by atoms with van der Waals surface area (Å²) in [6.45, 7) is 1.21. The van der Waals surface area contributed by atoms with Crippen LogP contribution in [0.15, 0.2) is 29.6 Å². The third kappa shape index (κ3) is 2.30. The van der Waals surface area contributed by atoms with Crippen LogP contribution >= 0.6 is 11.3 Å². The minimum Gasteiger partial charge on any atom is -0.477 e. The number of hydrogen-bond donors (Lipinski definition) is 1. The van der Waals surface area contributed by atoms with E-state index < -0.39 is 5.97 Å². The Labute approximate surface area is 119 Å². The summed E-state index contributed by atoms with van der Waals surface area (Å²) in [6, 6.07) is 6.51. The highest BCUT2D eigenvalue weighted by atomic mass is 32.1. The summed E-state index contributed by atoms with van der Waals surface area (Å²) in [6.07, 6.45) is 0.845. The maximum absolute atomic E-state index is 12.4. The highest BCUT2D eigenvalue weighted by Gasteiger charge is 2.23. The second kappa shape index (κ2) is 5.05. The number of thiophene rings is 1. The van der Waals surface area contributed by atoms with Gasteiger partial charge in [0.25, 0.3) is 5.91 Å². The van der Waals surface area contributed by atoms with Gasteiger partial charge < -0.3 is 10.0 Å². The average molecular weight is 288 g/mol. The molecule has 1 amide bonds. The molecule has 5 nitrogen and oxygen atoms in total. The fourth-order valence-corrected chi connectivity index (χ4v) is 3.15. The second-order valence-corrected chi connectivity index (χ2v) is 5.56. The quantitative estimate of drug-likeness (QED) is 0.918. The van der Waals surface area contributed by atoms with Gasteiger partial charge in [-0.25, -0.2) is 9.78 Å². The van der Waals surface area contributed by atoms with Gasteiger partial charge in [0.05, 0.1) is 0 Å². The summed E-state index contributed by atoms with van der Waals surface area (Å²) in [5.41, 5.74) is 1.25. The van der Waals surface area contributed by atoms with Crippen LogP contribution in [0.25, 0.3) is 0 Å². The molecule has 0 saturated heterocycles. The van der Waals surface area contributed by atoms with E-state index in [1.165, 1.54) is 16.5 Å². The van der Waals surface area contributed by atoms with Crippen LogP contribution in [0.5, 0.6) is 0 Å². The standard InChI is InChI=1S/C14H12N2O3S/c17-13(10-2-1-3-11(15-10)14(18)19)16-6-4-12-9(8-16)5-7-20-12/h1-3,5,7H,4,6,8H2,(H,18,19). The molecule has 0 radical (unpaired) electrons. The van der Waals surface area contributed by atoms with Crippen molar-refractivity contribution in [1.82, 2.24) is 9.88 Å². The van der Waals surface area contributed by atoms with Crippen LogP contribution in [0.3, 0.4) is 0 Å². The number of carboxylic acid groups (broad SMARTS) is 1. The van der Waals surface area contributed by atoms with E-state index in [0.29, 0.717) is 13.1 Å². The van der Waals surface area contributed by atoms with Crippen LogP contribution in [-0.2, 0) is 13.0 Å². The van der Waals surface area contributed by atoms with Gasteiger partial charge in [-0.15, -0.1) is 11.3 Å². The largest absolute Gasteiger partial charge is 0.477 e. The van der Waals surface area contributed by atoms with Crippen LogP contribution in [0.4, 0.5) is 0 Å². The lowest BCUT2D eigenvalue weighted by Crippen LogP contribution is -2.36. The lowest BCUT2D eigenvalue weighted by molar-refractivity contribution is 0.0689. The van der Waals surface area contributed by atoms with Crippen molar-refractivity contribution >= 4 is 23.2 Å². The molecule has 0 unspecified atom stereocenters. The van der Waals surface area contributed by atoms with Gasteiger partial charge in [-0.05, 0) is 35.6 Å². The molecule has 0 aliphatic carbocycles. The third-order valence-corrected chi connectivity index (χ3v) is 4.31. The number of hydrogen-bond acceptors (Lipinski definition) is 4. The van der Waals surface area contributed by atoms with Crippen molar-refractivity contribution in [2.24, 2.45) is 0 Å². The van der Waals surface area contributed by atoms with Crippen molar-refractivity contribution in [2.45, 2.75) is 13.0 Å². The Bertz CT molecular complexity index is 681. The van der Waals surface area contributed by atoms with E-state index >= 15 is 0 Å². The first kappa shape index (κ1) is 12.8. The lowest BCUT2D eigenvalue weighted by Gasteiger charge is -2.26. The van der Waals surface area contributed by atoms with E-state index in [1.807, 2.05) is 11.4 Å². The number of aromatic carboxylic acids is 1. The summed E-state index contributed by atoms with van der Waals surface area (Å²) in [5, 5.41) is 10.9. The topological polar surface area (TPSA) is 70.5 Å². The number of pyridine rings is 1. The first-order chi connectivity index (χ1) is 9.65. The highest BCUT2D eigenvalue weighted by Crippen LogP contribution is 2.24. The zero-order chi connectivity index (χ0) is 14.1. The van der Waals surface area contributed by atoms with Crippen LogP contribution in [-0.4, -0.2) is 33.4 Å². The molecule has 0 saturated carbocycles. The Morgan fingerprint density at radius 1 is 1.25 bits per heavy atom. The minimum atomic E-state index is -1.13. The predicted octanol–water partition coefficient (Wildman–Crippen LogP) is 2.04. The number of carbonyl (C=O) groups excluding carboxylic acids is 1. The zero-order valence-corrected chi connectivity index (χ0v) is 11.4. The van der Waals surface area contributed by atoms with Crippen molar-refractivity contribution in [3.05, 3.63) is 51.5 Å². The number of carboxylic acids is 1. The lowest BCUT2D eigenvalue weighted by atomic mass is 10.1. The van der Waals surface area contributed by atoms with Crippen LogP contribution < -0.4 is 0 Å². The molecule has 3 rings (SSSR count). The molecule has 0 bridgehead atoms. The molecule has 3 heterocycles. The summed E-state index contributed by atoms with van der Waals surface area (Å²) < 4.78 is 0. The Balaban J connectivity index is 1.83. The van der Waals surface area contributed by atoms with E-state index in [0.717, 1.165) is 6.42 Å².